The van der Waals surface area contributed by atoms with Crippen LogP contribution in [0.1, 0.15) is 38.3 Å². The van der Waals surface area contributed by atoms with Crippen LogP contribution in [-0.2, 0) is 11.2 Å². The maximum absolute atomic E-state index is 13.6. The Bertz CT molecular complexity index is 1560. The van der Waals surface area contributed by atoms with Crippen molar-refractivity contribution in [2.45, 2.75) is 25.9 Å². The average Bonchev–Trinajstić information content (AvgIpc) is 3.28. The number of hydrogen-bond donors (Lipinski definition) is 1. The Morgan fingerprint density at radius 1 is 1.00 bits per heavy atom. The fraction of sp³-hybridized carbons (Fsp3) is 0.241. The number of alkyl halides is 3. The number of rotatable bonds is 7. The number of nitrogens with one attached hydrogen (secondary N) is 1. The van der Waals surface area contributed by atoms with E-state index >= 15 is 0 Å². The molecular weight excluding hydrogens is 518 g/mol. The third-order valence-electron chi connectivity index (χ3n) is 6.39. The Balaban J connectivity index is 2.04. The van der Waals surface area contributed by atoms with Crippen molar-refractivity contribution in [3.63, 3.8) is 0 Å². The number of aryl methyl sites for hydroxylation is 2. The molecular formula is C29H25F4NO5. The maximum Gasteiger partial charge on any atom is 0.389 e. The van der Waals surface area contributed by atoms with Crippen molar-refractivity contribution in [1.29, 1.82) is 0 Å². The number of ether oxygens (including phenoxy) is 2. The third-order valence-corrected chi connectivity index (χ3v) is 6.39. The molecule has 6 nitrogen and oxygen atoms in total. The quantitative estimate of drug-likeness (QED) is 0.204. The van der Waals surface area contributed by atoms with Gasteiger partial charge >= 0.3 is 12.1 Å². The summed E-state index contributed by atoms with van der Waals surface area (Å²) in [5.74, 6) is -1.27. The Morgan fingerprint density at radius 2 is 1.69 bits per heavy atom. The van der Waals surface area contributed by atoms with Crippen LogP contribution in [-0.4, -0.2) is 39.3 Å². The number of benzene rings is 3. The topological polar surface area (TPSA) is 77.8 Å². The third kappa shape index (κ3) is 5.59. The smallest absolute Gasteiger partial charge is 0.389 e. The molecule has 4 aromatic rings. The van der Waals surface area contributed by atoms with Gasteiger partial charge in [-0.15, -0.1) is 0 Å². The molecule has 10 heteroatoms. The fourth-order valence-electron chi connectivity index (χ4n) is 4.48. The highest BCUT2D eigenvalue weighted by molar-refractivity contribution is 6.12. The number of methoxy groups -OCH3 is 2. The highest BCUT2D eigenvalue weighted by Crippen LogP contribution is 2.41. The van der Waals surface area contributed by atoms with Crippen LogP contribution in [0.25, 0.3) is 33.4 Å². The van der Waals surface area contributed by atoms with Gasteiger partial charge in [0.15, 0.2) is 0 Å². The largest absolute Gasteiger partial charge is 0.496 e. The minimum absolute atomic E-state index is 0.0909. The Labute approximate surface area is 221 Å². The van der Waals surface area contributed by atoms with Crippen LogP contribution >= 0.6 is 0 Å². The molecule has 4 rings (SSSR count). The molecule has 0 spiro atoms. The fourth-order valence-corrected chi connectivity index (χ4v) is 4.48. The second kappa shape index (κ2) is 10.8. The van der Waals surface area contributed by atoms with Crippen molar-refractivity contribution in [1.82, 2.24) is 5.32 Å². The van der Waals surface area contributed by atoms with E-state index in [2.05, 4.69) is 5.32 Å². The summed E-state index contributed by atoms with van der Waals surface area (Å²) in [7, 11) is 4.03. The molecule has 0 saturated heterocycles. The number of carbonyl (C=O) groups is 2. The lowest BCUT2D eigenvalue weighted by atomic mass is 9.90. The summed E-state index contributed by atoms with van der Waals surface area (Å²) in [6.45, 7) is 1.73. The van der Waals surface area contributed by atoms with E-state index in [0.717, 1.165) is 0 Å². The molecule has 0 fully saturated rings. The molecule has 0 aliphatic heterocycles. The van der Waals surface area contributed by atoms with Crippen LogP contribution in [0.5, 0.6) is 5.75 Å². The van der Waals surface area contributed by atoms with Crippen molar-refractivity contribution in [3.8, 4) is 28.2 Å². The maximum atomic E-state index is 13.6. The van der Waals surface area contributed by atoms with E-state index in [0.29, 0.717) is 33.2 Å². The Morgan fingerprint density at radius 3 is 2.28 bits per heavy atom. The van der Waals surface area contributed by atoms with E-state index in [4.69, 9.17) is 13.9 Å². The molecule has 1 heterocycles. The van der Waals surface area contributed by atoms with Crippen LogP contribution < -0.4 is 10.1 Å². The number of furan rings is 1. The number of esters is 1. The van der Waals surface area contributed by atoms with Crippen molar-refractivity contribution >= 4 is 22.8 Å². The first kappa shape index (κ1) is 27.7. The number of amides is 1. The van der Waals surface area contributed by atoms with Crippen molar-refractivity contribution < 1.29 is 41.0 Å². The molecule has 0 atom stereocenters. The summed E-state index contributed by atoms with van der Waals surface area (Å²) < 4.78 is 69.6. The number of halogens is 4. The summed E-state index contributed by atoms with van der Waals surface area (Å²) in [5, 5.41) is 2.90. The highest BCUT2D eigenvalue weighted by Gasteiger charge is 2.29. The lowest BCUT2D eigenvalue weighted by Crippen LogP contribution is -2.18. The zero-order chi connectivity index (χ0) is 28.5. The van der Waals surface area contributed by atoms with Gasteiger partial charge in [-0.2, -0.15) is 13.2 Å². The number of carbonyl (C=O) groups excluding carboxylic acids is 2. The van der Waals surface area contributed by atoms with Crippen LogP contribution in [0.2, 0.25) is 0 Å². The first-order valence-electron chi connectivity index (χ1n) is 11.9. The van der Waals surface area contributed by atoms with Gasteiger partial charge < -0.3 is 19.2 Å². The first-order chi connectivity index (χ1) is 18.5. The second-order valence-corrected chi connectivity index (χ2v) is 8.87. The molecule has 0 saturated carbocycles. The summed E-state index contributed by atoms with van der Waals surface area (Å²) in [4.78, 5) is 25.5. The molecule has 0 aliphatic carbocycles. The predicted molar refractivity (Wildman–Crippen MR) is 137 cm³/mol. The normalized spacial score (nSPS) is 11.5. The van der Waals surface area contributed by atoms with E-state index in [9.17, 15) is 27.2 Å². The number of hydrogen-bond acceptors (Lipinski definition) is 5. The second-order valence-electron chi connectivity index (χ2n) is 8.87. The lowest BCUT2D eigenvalue weighted by molar-refractivity contribution is -0.133. The lowest BCUT2D eigenvalue weighted by Gasteiger charge is -2.17. The molecule has 204 valence electrons. The van der Waals surface area contributed by atoms with Crippen molar-refractivity contribution in [2.75, 3.05) is 21.3 Å². The van der Waals surface area contributed by atoms with Gasteiger partial charge in [0.2, 0.25) is 0 Å². The molecule has 0 unspecified atom stereocenters. The minimum atomic E-state index is -4.42. The molecule has 1 N–H and O–H groups in total. The van der Waals surface area contributed by atoms with E-state index < -0.39 is 30.3 Å². The van der Waals surface area contributed by atoms with Gasteiger partial charge in [-0.05, 0) is 84.1 Å². The van der Waals surface area contributed by atoms with E-state index in [-0.39, 0.29) is 34.6 Å². The summed E-state index contributed by atoms with van der Waals surface area (Å²) in [6, 6.07) is 11.5. The summed E-state index contributed by atoms with van der Waals surface area (Å²) in [6.07, 6.45) is -5.90. The molecule has 1 amide bonds. The Hall–Kier alpha value is -4.34. The van der Waals surface area contributed by atoms with Gasteiger partial charge in [0, 0.05) is 24.4 Å². The van der Waals surface area contributed by atoms with Crippen LogP contribution in [0.15, 0.2) is 52.9 Å². The predicted octanol–water partition coefficient (Wildman–Crippen LogP) is 6.86. The molecule has 0 radical (unpaired) electrons. The van der Waals surface area contributed by atoms with Gasteiger partial charge in [0.25, 0.3) is 5.91 Å². The van der Waals surface area contributed by atoms with Gasteiger partial charge in [-0.1, -0.05) is 0 Å². The molecule has 0 aliphatic rings. The van der Waals surface area contributed by atoms with Crippen LogP contribution in [0.3, 0.4) is 0 Å². The van der Waals surface area contributed by atoms with E-state index in [1.165, 1.54) is 57.7 Å². The molecule has 3 aromatic carbocycles. The minimum Gasteiger partial charge on any atom is -0.496 e. The van der Waals surface area contributed by atoms with E-state index in [1.807, 2.05) is 0 Å². The molecule has 39 heavy (non-hydrogen) atoms. The molecule has 1 aromatic heterocycles. The SMILES string of the molecule is CNC(=O)c1c(-c2ccc(F)cc2)oc2cc(CCC(F)(F)F)c(-c3cc(C(=O)OC)c(OC)cc3C)cc12. The van der Waals surface area contributed by atoms with Gasteiger partial charge in [0.1, 0.15) is 28.5 Å². The average molecular weight is 544 g/mol. The zero-order valence-corrected chi connectivity index (χ0v) is 21.6. The van der Waals surface area contributed by atoms with Crippen LogP contribution in [0.4, 0.5) is 17.6 Å². The van der Waals surface area contributed by atoms with E-state index in [1.54, 1.807) is 19.1 Å². The standard InChI is InChI=1S/C29H25F4NO5/c1-15-11-23(37-3)22(28(36)38-4)13-19(15)20-14-21-24(12-17(20)9-10-29(31,32)33)39-26(25(21)27(35)34-2)16-5-7-18(30)8-6-16/h5-8,11-14H,9-10H2,1-4H3,(H,34,35). The van der Waals surface area contributed by atoms with Crippen molar-refractivity contribution in [3.05, 3.63) is 76.6 Å². The molecule has 0 bridgehead atoms. The van der Waals surface area contributed by atoms with Gasteiger partial charge in [-0.3, -0.25) is 4.79 Å². The van der Waals surface area contributed by atoms with Gasteiger partial charge in [-0.25, -0.2) is 9.18 Å². The Kier molecular flexibility index (Phi) is 7.67. The zero-order valence-electron chi connectivity index (χ0n) is 21.6. The number of fused-ring (bicyclic) bond motifs is 1. The first-order valence-corrected chi connectivity index (χ1v) is 11.9. The summed E-state index contributed by atoms with van der Waals surface area (Å²) >= 11 is 0. The van der Waals surface area contributed by atoms with Crippen LogP contribution in [0, 0.1) is 12.7 Å². The monoisotopic (exact) mass is 543 g/mol. The summed E-state index contributed by atoms with van der Waals surface area (Å²) in [5.41, 5.74) is 2.60. The highest BCUT2D eigenvalue weighted by atomic mass is 19.4. The van der Waals surface area contributed by atoms with Gasteiger partial charge in [0.05, 0.1) is 19.8 Å². The van der Waals surface area contributed by atoms with Crippen molar-refractivity contribution in [2.24, 2.45) is 0 Å².